The Hall–Kier alpha value is -0.600. The number of carbonyl (C=O) groups is 1. The van der Waals surface area contributed by atoms with E-state index in [0.717, 1.165) is 8.95 Å². The number of phenolic OH excluding ortho intramolecular Hbond substituents is 1. The van der Waals surface area contributed by atoms with Crippen LogP contribution in [-0.4, -0.2) is 11.0 Å². The predicted octanol–water partition coefficient (Wildman–Crippen LogP) is 4.77. The van der Waals surface area contributed by atoms with Gasteiger partial charge < -0.3 is 10.4 Å². The van der Waals surface area contributed by atoms with Crippen LogP contribution in [0.5, 0.6) is 5.75 Å². The lowest BCUT2D eigenvalue weighted by Crippen LogP contribution is -2.12. The number of anilines is 1. The van der Waals surface area contributed by atoms with Crippen molar-refractivity contribution in [1.29, 1.82) is 0 Å². The van der Waals surface area contributed by atoms with E-state index in [9.17, 15) is 9.90 Å². The molecule has 0 saturated carbocycles. The van der Waals surface area contributed by atoms with Gasteiger partial charge in [0.1, 0.15) is 5.75 Å². The summed E-state index contributed by atoms with van der Waals surface area (Å²) in [5.41, 5.74) is 1.08. The van der Waals surface area contributed by atoms with Gasteiger partial charge in [-0.25, -0.2) is 0 Å². The molecule has 0 aliphatic heterocycles. The third-order valence-corrected chi connectivity index (χ3v) is 4.45. The zero-order chi connectivity index (χ0) is 14.0. The Balaban J connectivity index is 2.23. The van der Waals surface area contributed by atoms with E-state index in [-0.39, 0.29) is 11.7 Å². The minimum atomic E-state index is -0.269. The van der Waals surface area contributed by atoms with Gasteiger partial charge >= 0.3 is 0 Å². The van der Waals surface area contributed by atoms with E-state index in [2.05, 4.69) is 37.2 Å². The van der Waals surface area contributed by atoms with Gasteiger partial charge in [-0.2, -0.15) is 0 Å². The summed E-state index contributed by atoms with van der Waals surface area (Å²) < 4.78 is 2.41. The lowest BCUT2D eigenvalue weighted by atomic mass is 10.2. The van der Waals surface area contributed by atoms with Crippen molar-refractivity contribution in [2.24, 2.45) is 0 Å². The molecule has 0 atom stereocenters. The number of hydrogen-bond acceptors (Lipinski definition) is 2. The van der Waals surface area contributed by atoms with Crippen molar-refractivity contribution >= 4 is 66.0 Å². The second kappa shape index (κ2) is 6.23. The first-order valence-corrected chi connectivity index (χ1v) is 7.89. The molecule has 0 fully saturated rings. The minimum absolute atomic E-state index is 0.100. The molecule has 0 bridgehead atoms. The molecule has 0 spiro atoms. The Bertz CT molecular complexity index is 647. The number of aromatic hydroxyl groups is 1. The highest BCUT2D eigenvalue weighted by Gasteiger charge is 2.10. The average molecular weight is 497 g/mol. The Morgan fingerprint density at radius 2 is 1.89 bits per heavy atom. The molecule has 2 N–H and O–H groups in total. The normalized spacial score (nSPS) is 10.3. The van der Waals surface area contributed by atoms with Gasteiger partial charge in [0, 0.05) is 14.5 Å². The van der Waals surface area contributed by atoms with Crippen molar-refractivity contribution in [3.05, 3.63) is 54.5 Å². The van der Waals surface area contributed by atoms with Gasteiger partial charge in [-0.1, -0.05) is 15.9 Å². The fourth-order valence-corrected chi connectivity index (χ4v) is 2.92. The van der Waals surface area contributed by atoms with E-state index in [0.29, 0.717) is 14.8 Å². The molecule has 1 amide bonds. The van der Waals surface area contributed by atoms with E-state index in [4.69, 9.17) is 0 Å². The summed E-state index contributed by atoms with van der Waals surface area (Å²) in [4.78, 5) is 12.1. The van der Waals surface area contributed by atoms with Crippen molar-refractivity contribution in [3.8, 4) is 5.75 Å². The first-order valence-electron chi connectivity index (χ1n) is 5.22. The number of carbonyl (C=O) groups excluding carboxylic acids is 1. The average Bonchev–Trinajstić information content (AvgIpc) is 2.36. The highest BCUT2D eigenvalue weighted by molar-refractivity contribution is 14.1. The van der Waals surface area contributed by atoms with Crippen LogP contribution >= 0.6 is 54.5 Å². The second-order valence-corrected chi connectivity index (χ2v) is 6.68. The number of amides is 1. The highest BCUT2D eigenvalue weighted by Crippen LogP contribution is 2.27. The van der Waals surface area contributed by atoms with Crippen molar-refractivity contribution in [3.63, 3.8) is 0 Å². The molecule has 19 heavy (non-hydrogen) atoms. The Labute approximate surface area is 140 Å². The summed E-state index contributed by atoms with van der Waals surface area (Å²) in [6.45, 7) is 0. The van der Waals surface area contributed by atoms with Gasteiger partial charge in [0.15, 0.2) is 0 Å². The summed E-state index contributed by atoms with van der Waals surface area (Å²) >= 11 is 8.73. The number of halogens is 3. The van der Waals surface area contributed by atoms with Gasteiger partial charge in [0.2, 0.25) is 0 Å². The van der Waals surface area contributed by atoms with E-state index in [1.165, 1.54) is 6.07 Å². The maximum atomic E-state index is 12.1. The van der Waals surface area contributed by atoms with Crippen LogP contribution in [0.25, 0.3) is 0 Å². The number of nitrogens with one attached hydrogen (secondary N) is 1. The smallest absolute Gasteiger partial charge is 0.255 e. The van der Waals surface area contributed by atoms with Gasteiger partial charge in [-0.05, 0) is 74.9 Å². The second-order valence-electron chi connectivity index (χ2n) is 3.74. The van der Waals surface area contributed by atoms with Gasteiger partial charge in [-0.3, -0.25) is 4.79 Å². The summed E-state index contributed by atoms with van der Waals surface area (Å²) in [6, 6.07) is 10.3. The number of hydrogen-bond donors (Lipinski definition) is 2. The zero-order valence-corrected chi connectivity index (χ0v) is 14.8. The van der Waals surface area contributed by atoms with Crippen LogP contribution in [0.15, 0.2) is 45.3 Å². The van der Waals surface area contributed by atoms with E-state index in [1.807, 2.05) is 34.7 Å². The van der Waals surface area contributed by atoms with E-state index >= 15 is 0 Å². The van der Waals surface area contributed by atoms with E-state index in [1.54, 1.807) is 18.2 Å². The van der Waals surface area contributed by atoms with Crippen molar-refractivity contribution in [1.82, 2.24) is 0 Å². The molecule has 2 rings (SSSR count). The van der Waals surface area contributed by atoms with Crippen LogP contribution in [0.4, 0.5) is 5.69 Å². The maximum absolute atomic E-state index is 12.1. The van der Waals surface area contributed by atoms with E-state index < -0.39 is 0 Å². The lowest BCUT2D eigenvalue weighted by Gasteiger charge is -2.08. The highest BCUT2D eigenvalue weighted by atomic mass is 127. The fourth-order valence-electron chi connectivity index (χ4n) is 1.44. The lowest BCUT2D eigenvalue weighted by molar-refractivity contribution is 0.102. The molecule has 0 heterocycles. The molecule has 0 aliphatic rings. The molecule has 2 aromatic rings. The molecule has 0 aromatic heterocycles. The third-order valence-electron chi connectivity index (χ3n) is 2.39. The van der Waals surface area contributed by atoms with Crippen LogP contribution in [0, 0.1) is 3.57 Å². The van der Waals surface area contributed by atoms with Crippen LogP contribution in [0.1, 0.15) is 10.4 Å². The standard InChI is InChI=1S/C13H8Br2INO2/c14-8-2-4-11(9(15)6-8)17-13(19)7-1-3-10(16)12(18)5-7/h1-6,18H,(H,17,19). The van der Waals surface area contributed by atoms with Gasteiger partial charge in [-0.15, -0.1) is 0 Å². The molecular formula is C13H8Br2INO2. The van der Waals surface area contributed by atoms with Crippen molar-refractivity contribution < 1.29 is 9.90 Å². The number of benzene rings is 2. The SMILES string of the molecule is O=C(Nc1ccc(Br)cc1Br)c1ccc(I)c(O)c1. The molecule has 0 radical (unpaired) electrons. The molecular weight excluding hydrogens is 489 g/mol. The zero-order valence-electron chi connectivity index (χ0n) is 9.45. The third kappa shape index (κ3) is 3.70. The van der Waals surface area contributed by atoms with Gasteiger partial charge in [0.25, 0.3) is 5.91 Å². The summed E-state index contributed by atoms with van der Waals surface area (Å²) in [5, 5.41) is 12.4. The molecule has 6 heteroatoms. The van der Waals surface area contributed by atoms with Gasteiger partial charge in [0.05, 0.1) is 9.26 Å². The van der Waals surface area contributed by atoms with Crippen LogP contribution in [-0.2, 0) is 0 Å². The molecule has 3 nitrogen and oxygen atoms in total. The summed E-state index contributed by atoms with van der Waals surface area (Å²) in [5.74, 6) is -0.169. The fraction of sp³-hybridized carbons (Fsp3) is 0. The largest absolute Gasteiger partial charge is 0.507 e. The monoisotopic (exact) mass is 495 g/mol. The predicted molar refractivity (Wildman–Crippen MR) is 90.6 cm³/mol. The number of rotatable bonds is 2. The van der Waals surface area contributed by atoms with Crippen LogP contribution < -0.4 is 5.32 Å². The first-order chi connectivity index (χ1) is 8.97. The summed E-state index contributed by atoms with van der Waals surface area (Å²) in [7, 11) is 0. The summed E-state index contributed by atoms with van der Waals surface area (Å²) in [6.07, 6.45) is 0. The Morgan fingerprint density at radius 1 is 1.16 bits per heavy atom. The van der Waals surface area contributed by atoms with Crippen molar-refractivity contribution in [2.75, 3.05) is 5.32 Å². The molecule has 98 valence electrons. The Kier molecular flexibility index (Phi) is 4.86. The molecule has 0 saturated heterocycles. The Morgan fingerprint density at radius 3 is 2.53 bits per heavy atom. The minimum Gasteiger partial charge on any atom is -0.507 e. The van der Waals surface area contributed by atoms with Crippen LogP contribution in [0.3, 0.4) is 0 Å². The number of phenols is 1. The molecule has 2 aromatic carbocycles. The topological polar surface area (TPSA) is 49.3 Å². The maximum Gasteiger partial charge on any atom is 0.255 e. The quantitative estimate of drug-likeness (QED) is 0.588. The van der Waals surface area contributed by atoms with Crippen LogP contribution in [0.2, 0.25) is 0 Å². The molecule has 0 aliphatic carbocycles. The first kappa shape index (κ1) is 14.8. The van der Waals surface area contributed by atoms with Crippen molar-refractivity contribution in [2.45, 2.75) is 0 Å². The molecule has 0 unspecified atom stereocenters.